The second-order valence-electron chi connectivity index (χ2n) is 8.05. The molecule has 0 radical (unpaired) electrons. The Hall–Kier alpha value is -1.67. The molecule has 0 fully saturated rings. The van der Waals surface area contributed by atoms with E-state index in [0.717, 1.165) is 18.4 Å². The van der Waals surface area contributed by atoms with Crippen molar-refractivity contribution >= 4 is 6.03 Å². The number of carbonyl (C=O) groups is 1. The molecular formula is C25H44N2O5. The molecule has 184 valence electrons. The molecule has 0 spiro atoms. The predicted molar refractivity (Wildman–Crippen MR) is 127 cm³/mol. The summed E-state index contributed by atoms with van der Waals surface area (Å²) in [6.07, 6.45) is 8.85. The topological polar surface area (TPSA) is 92.0 Å². The summed E-state index contributed by atoms with van der Waals surface area (Å²) in [6, 6.07) is 9.52. The van der Waals surface area contributed by atoms with E-state index in [1.165, 1.54) is 32.1 Å². The molecule has 0 aromatic heterocycles. The van der Waals surface area contributed by atoms with Crippen LogP contribution in [0, 0.1) is 5.92 Å². The molecule has 1 unspecified atom stereocenters. The smallest absolute Gasteiger partial charge is 0.312 e. The summed E-state index contributed by atoms with van der Waals surface area (Å²) >= 11 is 0. The zero-order valence-electron chi connectivity index (χ0n) is 20.3. The van der Waals surface area contributed by atoms with Gasteiger partial charge in [0.05, 0.1) is 26.4 Å². The lowest BCUT2D eigenvalue weighted by molar-refractivity contribution is -0.286. The highest BCUT2D eigenvalue weighted by atomic mass is 16.7. The first-order valence-corrected chi connectivity index (χ1v) is 11.9. The summed E-state index contributed by atoms with van der Waals surface area (Å²) in [5.74, 6) is -0.933. The van der Waals surface area contributed by atoms with Gasteiger partial charge < -0.3 is 30.0 Å². The van der Waals surface area contributed by atoms with Crippen molar-refractivity contribution in [1.29, 1.82) is 0 Å². The van der Waals surface area contributed by atoms with Crippen molar-refractivity contribution in [2.75, 3.05) is 47.2 Å². The van der Waals surface area contributed by atoms with E-state index in [-0.39, 0.29) is 5.92 Å². The Morgan fingerprint density at radius 2 is 1.50 bits per heavy atom. The van der Waals surface area contributed by atoms with Crippen LogP contribution in [0.2, 0.25) is 0 Å². The number of unbranched alkanes of at least 4 members (excludes halogenated alkanes) is 5. The molecule has 0 aliphatic rings. The minimum atomic E-state index is -0.957. The number of nitrogens with two attached hydrogens (primary N) is 1. The third-order valence-electron chi connectivity index (χ3n) is 5.62. The van der Waals surface area contributed by atoms with Gasteiger partial charge in [0.15, 0.2) is 5.79 Å². The van der Waals surface area contributed by atoms with E-state index < -0.39 is 11.8 Å². The number of hydrogen-bond acceptors (Lipinski definition) is 5. The van der Waals surface area contributed by atoms with E-state index in [0.29, 0.717) is 39.4 Å². The Morgan fingerprint density at radius 1 is 0.906 bits per heavy atom. The standard InChI is InChI=1S/C25H44N2O5/c1-4-5-6-7-8-10-15-23(16-17-27-24(26)28)25(31-20-18-29-2,32-21-19-30-3)22-13-11-9-12-14-22/h9,11-14,23H,4-8,10,15-21H2,1-3H3,(H3,26,27,28). The van der Waals surface area contributed by atoms with Crippen LogP contribution < -0.4 is 11.1 Å². The molecule has 0 aliphatic heterocycles. The summed E-state index contributed by atoms with van der Waals surface area (Å²) in [5.41, 5.74) is 6.28. The van der Waals surface area contributed by atoms with Crippen molar-refractivity contribution < 1.29 is 23.7 Å². The maximum atomic E-state index is 11.3. The van der Waals surface area contributed by atoms with Gasteiger partial charge in [-0.2, -0.15) is 0 Å². The first-order chi connectivity index (χ1) is 15.6. The van der Waals surface area contributed by atoms with Gasteiger partial charge >= 0.3 is 6.03 Å². The van der Waals surface area contributed by atoms with Gasteiger partial charge in [0.2, 0.25) is 0 Å². The molecule has 2 amide bonds. The number of benzene rings is 1. The second-order valence-corrected chi connectivity index (χ2v) is 8.05. The monoisotopic (exact) mass is 452 g/mol. The van der Waals surface area contributed by atoms with Gasteiger partial charge in [0, 0.05) is 32.2 Å². The van der Waals surface area contributed by atoms with Crippen LogP contribution in [-0.4, -0.2) is 53.2 Å². The molecular weight excluding hydrogens is 408 g/mol. The molecule has 1 aromatic rings. The van der Waals surface area contributed by atoms with E-state index in [1.54, 1.807) is 14.2 Å². The molecule has 7 heteroatoms. The molecule has 0 bridgehead atoms. The molecule has 32 heavy (non-hydrogen) atoms. The van der Waals surface area contributed by atoms with Gasteiger partial charge in [-0.05, 0) is 12.8 Å². The van der Waals surface area contributed by atoms with Crippen molar-refractivity contribution in [2.24, 2.45) is 11.7 Å². The number of urea groups is 1. The molecule has 1 rings (SSSR count). The largest absolute Gasteiger partial charge is 0.382 e. The van der Waals surface area contributed by atoms with Gasteiger partial charge in [-0.3, -0.25) is 0 Å². The second kappa shape index (κ2) is 17.8. The van der Waals surface area contributed by atoms with Crippen molar-refractivity contribution in [3.63, 3.8) is 0 Å². The fraction of sp³-hybridized carbons (Fsp3) is 0.720. The number of carbonyl (C=O) groups excluding carboxylic acids is 1. The molecule has 7 nitrogen and oxygen atoms in total. The molecule has 0 saturated carbocycles. The highest BCUT2D eigenvalue weighted by Crippen LogP contribution is 2.40. The molecule has 0 aliphatic carbocycles. The van der Waals surface area contributed by atoms with Gasteiger partial charge in [-0.15, -0.1) is 0 Å². The Balaban J connectivity index is 3.12. The van der Waals surface area contributed by atoms with E-state index in [4.69, 9.17) is 24.7 Å². The third kappa shape index (κ3) is 10.8. The summed E-state index contributed by atoms with van der Waals surface area (Å²) in [6.45, 7) is 4.41. The highest BCUT2D eigenvalue weighted by molar-refractivity contribution is 5.71. The van der Waals surface area contributed by atoms with E-state index in [1.807, 2.05) is 30.3 Å². The van der Waals surface area contributed by atoms with Crippen LogP contribution in [0.25, 0.3) is 0 Å². The first kappa shape index (κ1) is 28.4. The van der Waals surface area contributed by atoms with Gasteiger partial charge in [-0.1, -0.05) is 75.8 Å². The summed E-state index contributed by atoms with van der Waals surface area (Å²) in [4.78, 5) is 11.3. The van der Waals surface area contributed by atoms with Gasteiger partial charge in [0.25, 0.3) is 0 Å². The van der Waals surface area contributed by atoms with E-state index in [2.05, 4.69) is 12.2 Å². The summed E-state index contributed by atoms with van der Waals surface area (Å²) in [7, 11) is 3.31. The number of nitrogens with one attached hydrogen (secondary N) is 1. The Labute approximate surface area is 194 Å². The van der Waals surface area contributed by atoms with Crippen molar-refractivity contribution in [3.05, 3.63) is 35.9 Å². The highest BCUT2D eigenvalue weighted by Gasteiger charge is 2.42. The average molecular weight is 453 g/mol. The summed E-state index contributed by atoms with van der Waals surface area (Å²) < 4.78 is 23.4. The number of ether oxygens (including phenoxy) is 4. The van der Waals surface area contributed by atoms with Crippen LogP contribution in [0.1, 0.15) is 63.9 Å². The van der Waals surface area contributed by atoms with Crippen LogP contribution in [0.5, 0.6) is 0 Å². The van der Waals surface area contributed by atoms with Crippen molar-refractivity contribution in [3.8, 4) is 0 Å². The maximum Gasteiger partial charge on any atom is 0.312 e. The zero-order valence-corrected chi connectivity index (χ0v) is 20.3. The number of amides is 2. The van der Waals surface area contributed by atoms with Crippen LogP contribution in [-0.2, 0) is 24.7 Å². The molecule has 3 N–H and O–H groups in total. The fourth-order valence-corrected chi connectivity index (χ4v) is 3.97. The lowest BCUT2D eigenvalue weighted by atomic mass is 9.84. The molecule has 0 heterocycles. The van der Waals surface area contributed by atoms with Crippen molar-refractivity contribution in [1.82, 2.24) is 5.32 Å². The Morgan fingerprint density at radius 3 is 2.06 bits per heavy atom. The van der Waals surface area contributed by atoms with Crippen LogP contribution in [0.3, 0.4) is 0 Å². The minimum Gasteiger partial charge on any atom is -0.382 e. The predicted octanol–water partition coefficient (Wildman–Crippen LogP) is 4.59. The minimum absolute atomic E-state index is 0.0247. The number of methoxy groups -OCH3 is 2. The lowest BCUT2D eigenvalue weighted by Crippen LogP contribution is -2.44. The SMILES string of the molecule is CCCCCCCCC(CCNC(N)=O)C(OCCOC)(OCCOC)c1ccccc1. The van der Waals surface area contributed by atoms with Crippen LogP contribution in [0.15, 0.2) is 30.3 Å². The van der Waals surface area contributed by atoms with E-state index in [9.17, 15) is 4.79 Å². The fourth-order valence-electron chi connectivity index (χ4n) is 3.97. The maximum absolute atomic E-state index is 11.3. The van der Waals surface area contributed by atoms with Crippen LogP contribution >= 0.6 is 0 Å². The lowest BCUT2D eigenvalue weighted by Gasteiger charge is -2.41. The molecule has 1 aromatic carbocycles. The normalized spacial score (nSPS) is 12.6. The summed E-state index contributed by atoms with van der Waals surface area (Å²) in [5, 5.41) is 2.73. The van der Waals surface area contributed by atoms with Crippen molar-refractivity contribution in [2.45, 2.75) is 64.1 Å². The Kier molecular flexibility index (Phi) is 15.8. The number of rotatable bonds is 20. The molecule has 1 atom stereocenters. The van der Waals surface area contributed by atoms with E-state index >= 15 is 0 Å². The van der Waals surface area contributed by atoms with Crippen LogP contribution in [0.4, 0.5) is 4.79 Å². The quantitative estimate of drug-likeness (QED) is 0.223. The van der Waals surface area contributed by atoms with Gasteiger partial charge in [-0.25, -0.2) is 4.79 Å². The zero-order chi connectivity index (χ0) is 23.5. The third-order valence-corrected chi connectivity index (χ3v) is 5.62. The number of primary amides is 1. The average Bonchev–Trinajstić information content (AvgIpc) is 2.80. The molecule has 0 saturated heterocycles. The van der Waals surface area contributed by atoms with Gasteiger partial charge in [0.1, 0.15) is 0 Å². The number of hydrogen-bond donors (Lipinski definition) is 2. The first-order valence-electron chi connectivity index (χ1n) is 11.9. The Bertz CT molecular complexity index is 575.